The Balaban J connectivity index is 2.25. The molecule has 2 aliphatic rings. The molecule has 0 amide bonds. The van der Waals surface area contributed by atoms with Crippen LogP contribution >= 0.6 is 0 Å². The number of allylic oxidation sites excluding steroid dienone is 1. The van der Waals surface area contributed by atoms with Crippen molar-refractivity contribution >= 4 is 0 Å². The maximum Gasteiger partial charge on any atom is 0.173 e. The zero-order chi connectivity index (χ0) is 10.4. The number of nitrogens with zero attached hydrogens (tertiary/aromatic N) is 1. The van der Waals surface area contributed by atoms with Gasteiger partial charge in [-0.2, -0.15) is 5.26 Å². The van der Waals surface area contributed by atoms with Crippen LogP contribution in [0.5, 0.6) is 0 Å². The third kappa shape index (κ3) is 1.42. The van der Waals surface area contributed by atoms with Gasteiger partial charge in [0.15, 0.2) is 5.60 Å². The average Bonchev–Trinajstić information content (AvgIpc) is 2.38. The first kappa shape index (κ1) is 9.29. The van der Waals surface area contributed by atoms with Gasteiger partial charge in [0.2, 0.25) is 0 Å². The van der Waals surface area contributed by atoms with E-state index in [1.807, 2.05) is 19.9 Å². The fourth-order valence-corrected chi connectivity index (χ4v) is 1.98. The molecule has 0 aromatic rings. The number of hydrogen-bond acceptors (Lipinski definition) is 3. The lowest BCUT2D eigenvalue weighted by atomic mass is 9.87. The largest absolute Gasteiger partial charge is 0.488 e. The van der Waals surface area contributed by atoms with Gasteiger partial charge < -0.3 is 9.84 Å². The van der Waals surface area contributed by atoms with Gasteiger partial charge in [0, 0.05) is 12.8 Å². The van der Waals surface area contributed by atoms with Crippen molar-refractivity contribution in [1.29, 1.82) is 5.26 Å². The second-order valence-electron chi connectivity index (χ2n) is 4.55. The molecule has 0 aromatic carbocycles. The van der Waals surface area contributed by atoms with E-state index < -0.39 is 5.60 Å². The highest BCUT2D eigenvalue weighted by Crippen LogP contribution is 2.40. The Labute approximate surface area is 83.3 Å². The Bertz CT molecular complexity index is 373. The second kappa shape index (κ2) is 2.61. The van der Waals surface area contributed by atoms with Crippen molar-refractivity contribution in [2.75, 3.05) is 0 Å². The van der Waals surface area contributed by atoms with Crippen molar-refractivity contribution in [2.45, 2.75) is 37.9 Å². The summed E-state index contributed by atoms with van der Waals surface area (Å²) in [6, 6.07) is 1.90. The Morgan fingerprint density at radius 1 is 1.50 bits per heavy atom. The number of nitriles is 1. The molecule has 1 N–H and O–H groups in total. The van der Waals surface area contributed by atoms with Crippen molar-refractivity contribution < 1.29 is 9.84 Å². The van der Waals surface area contributed by atoms with Crippen molar-refractivity contribution in [3.63, 3.8) is 0 Å². The zero-order valence-electron chi connectivity index (χ0n) is 8.37. The molecular formula is C11H13NO2. The van der Waals surface area contributed by atoms with E-state index in [1.54, 1.807) is 6.08 Å². The number of rotatable bonds is 0. The molecule has 1 aliphatic carbocycles. The molecule has 0 aromatic heterocycles. The van der Waals surface area contributed by atoms with Gasteiger partial charge in [0.05, 0.1) is 0 Å². The third-order valence-electron chi connectivity index (χ3n) is 2.56. The van der Waals surface area contributed by atoms with Gasteiger partial charge >= 0.3 is 0 Å². The van der Waals surface area contributed by atoms with Gasteiger partial charge in [0.25, 0.3) is 0 Å². The predicted octanol–water partition coefficient (Wildman–Crippen LogP) is 1.65. The van der Waals surface area contributed by atoms with Gasteiger partial charge in [-0.15, -0.1) is 0 Å². The van der Waals surface area contributed by atoms with Crippen molar-refractivity contribution in [2.24, 2.45) is 0 Å². The van der Waals surface area contributed by atoms with Crippen LogP contribution < -0.4 is 0 Å². The molecule has 3 heteroatoms. The highest BCUT2D eigenvalue weighted by Gasteiger charge is 2.38. The molecule has 1 heterocycles. The smallest absolute Gasteiger partial charge is 0.173 e. The lowest BCUT2D eigenvalue weighted by molar-refractivity contribution is 0.0681. The highest BCUT2D eigenvalue weighted by atomic mass is 16.5. The van der Waals surface area contributed by atoms with Crippen LogP contribution in [0.15, 0.2) is 23.5 Å². The molecule has 14 heavy (non-hydrogen) atoms. The molecule has 0 spiro atoms. The minimum absolute atomic E-state index is 0.199. The SMILES string of the molecule is CC1(C)CC2=C(C=CC(O)(C#N)C2)O1. The Morgan fingerprint density at radius 3 is 2.86 bits per heavy atom. The quantitative estimate of drug-likeness (QED) is 0.592. The molecular weight excluding hydrogens is 178 g/mol. The summed E-state index contributed by atoms with van der Waals surface area (Å²) in [6.45, 7) is 4.01. The van der Waals surface area contributed by atoms with E-state index in [9.17, 15) is 5.11 Å². The summed E-state index contributed by atoms with van der Waals surface area (Å²) in [6.07, 6.45) is 4.37. The lowest BCUT2D eigenvalue weighted by Gasteiger charge is -2.19. The van der Waals surface area contributed by atoms with Gasteiger partial charge in [-0.05, 0) is 31.6 Å². The third-order valence-corrected chi connectivity index (χ3v) is 2.56. The fraction of sp³-hybridized carbons (Fsp3) is 0.545. The van der Waals surface area contributed by atoms with Crippen molar-refractivity contribution in [3.8, 4) is 6.07 Å². The van der Waals surface area contributed by atoms with Crippen molar-refractivity contribution in [3.05, 3.63) is 23.5 Å². The summed E-state index contributed by atoms with van der Waals surface area (Å²) >= 11 is 0. The number of hydrogen-bond donors (Lipinski definition) is 1. The van der Waals surface area contributed by atoms with E-state index in [0.29, 0.717) is 6.42 Å². The molecule has 0 radical (unpaired) electrons. The molecule has 2 rings (SSSR count). The van der Waals surface area contributed by atoms with Crippen LogP contribution in [0.4, 0.5) is 0 Å². The van der Waals surface area contributed by atoms with Gasteiger partial charge in [-0.1, -0.05) is 0 Å². The number of aliphatic hydroxyl groups is 1. The first-order valence-corrected chi connectivity index (χ1v) is 4.68. The zero-order valence-corrected chi connectivity index (χ0v) is 8.37. The monoisotopic (exact) mass is 191 g/mol. The molecule has 0 fully saturated rings. The maximum atomic E-state index is 9.76. The highest BCUT2D eigenvalue weighted by molar-refractivity contribution is 5.38. The standard InChI is InChI=1S/C11H13NO2/c1-10(2)5-8-6-11(13,7-12)4-3-9(8)14-10/h3-4,13H,5-6H2,1-2H3. The summed E-state index contributed by atoms with van der Waals surface area (Å²) in [5.41, 5.74) is -0.486. The maximum absolute atomic E-state index is 9.76. The normalized spacial score (nSPS) is 33.6. The lowest BCUT2D eigenvalue weighted by Crippen LogP contribution is -2.26. The molecule has 0 saturated carbocycles. The number of ether oxygens (including phenoxy) is 1. The average molecular weight is 191 g/mol. The molecule has 74 valence electrons. The van der Waals surface area contributed by atoms with E-state index in [2.05, 4.69) is 0 Å². The Kier molecular flexibility index (Phi) is 1.73. The Morgan fingerprint density at radius 2 is 2.21 bits per heavy atom. The van der Waals surface area contributed by atoms with Crippen LogP contribution in [0.25, 0.3) is 0 Å². The molecule has 1 atom stereocenters. The van der Waals surface area contributed by atoms with Gasteiger partial charge in [-0.3, -0.25) is 0 Å². The van der Waals surface area contributed by atoms with Crippen LogP contribution in [0.2, 0.25) is 0 Å². The summed E-state index contributed by atoms with van der Waals surface area (Å²) in [5, 5.41) is 18.5. The minimum Gasteiger partial charge on any atom is -0.488 e. The summed E-state index contributed by atoms with van der Waals surface area (Å²) in [7, 11) is 0. The molecule has 3 nitrogen and oxygen atoms in total. The van der Waals surface area contributed by atoms with E-state index in [4.69, 9.17) is 10.00 Å². The van der Waals surface area contributed by atoms with Crippen LogP contribution in [0.1, 0.15) is 26.7 Å². The van der Waals surface area contributed by atoms with Crippen molar-refractivity contribution in [1.82, 2.24) is 0 Å². The van der Waals surface area contributed by atoms with E-state index >= 15 is 0 Å². The molecule has 0 bridgehead atoms. The van der Waals surface area contributed by atoms with Gasteiger partial charge in [0.1, 0.15) is 17.4 Å². The molecule has 1 aliphatic heterocycles. The van der Waals surface area contributed by atoms with Crippen LogP contribution in [-0.2, 0) is 4.74 Å². The summed E-state index contributed by atoms with van der Waals surface area (Å²) < 4.78 is 5.66. The molecule has 1 unspecified atom stereocenters. The molecule has 0 saturated heterocycles. The Hall–Kier alpha value is -1.27. The van der Waals surface area contributed by atoms with Crippen LogP contribution in [-0.4, -0.2) is 16.3 Å². The van der Waals surface area contributed by atoms with E-state index in [0.717, 1.165) is 17.8 Å². The van der Waals surface area contributed by atoms with E-state index in [-0.39, 0.29) is 5.60 Å². The topological polar surface area (TPSA) is 53.2 Å². The second-order valence-corrected chi connectivity index (χ2v) is 4.55. The minimum atomic E-state index is -1.33. The summed E-state index contributed by atoms with van der Waals surface area (Å²) in [5.74, 6) is 0.829. The first-order chi connectivity index (χ1) is 6.44. The van der Waals surface area contributed by atoms with Gasteiger partial charge in [-0.25, -0.2) is 0 Å². The van der Waals surface area contributed by atoms with E-state index in [1.165, 1.54) is 6.08 Å². The first-order valence-electron chi connectivity index (χ1n) is 4.68. The predicted molar refractivity (Wildman–Crippen MR) is 51.1 cm³/mol. The van der Waals surface area contributed by atoms with Crippen LogP contribution in [0, 0.1) is 11.3 Å². The fourth-order valence-electron chi connectivity index (χ4n) is 1.98. The summed E-state index contributed by atoms with van der Waals surface area (Å²) in [4.78, 5) is 0. The van der Waals surface area contributed by atoms with Crippen LogP contribution in [0.3, 0.4) is 0 Å².